The molecule has 1 aliphatic rings. The molecule has 70 valence electrons. The first-order chi connectivity index (χ1) is 6.31. The molecule has 0 aliphatic carbocycles. The van der Waals surface area contributed by atoms with E-state index in [1.807, 2.05) is 0 Å². The van der Waals surface area contributed by atoms with Gasteiger partial charge in [-0.1, -0.05) is 6.07 Å². The minimum absolute atomic E-state index is 0.265. The van der Waals surface area contributed by atoms with E-state index >= 15 is 0 Å². The summed E-state index contributed by atoms with van der Waals surface area (Å²) in [5, 5.41) is 3.35. The fraction of sp³-hybridized carbons (Fsp3) is 0.400. The highest BCUT2D eigenvalue weighted by Crippen LogP contribution is 2.30. The summed E-state index contributed by atoms with van der Waals surface area (Å²) < 4.78 is 0. The number of rotatable bonds is 1. The molecule has 1 heterocycles. The summed E-state index contributed by atoms with van der Waals surface area (Å²) in [7, 11) is 0. The zero-order valence-electron chi connectivity index (χ0n) is 7.71. The van der Waals surface area contributed by atoms with Crippen molar-refractivity contribution in [1.82, 2.24) is 0 Å². The smallest absolute Gasteiger partial charge is 0.0385 e. The lowest BCUT2D eigenvalue weighted by Gasteiger charge is -2.24. The van der Waals surface area contributed by atoms with Gasteiger partial charge in [0.05, 0.1) is 0 Å². The molecule has 0 spiro atoms. The summed E-state index contributed by atoms with van der Waals surface area (Å²) in [6.07, 6.45) is 3.11. The third-order valence-corrected chi connectivity index (χ3v) is 3.20. The third kappa shape index (κ3) is 1.67. The van der Waals surface area contributed by atoms with Crippen molar-refractivity contribution in [2.24, 2.45) is 5.73 Å². The van der Waals surface area contributed by atoms with Crippen LogP contribution in [0.1, 0.15) is 5.56 Å². The van der Waals surface area contributed by atoms with Crippen LogP contribution in [0, 0.1) is 0 Å². The summed E-state index contributed by atoms with van der Waals surface area (Å²) in [5.74, 6) is 0. The molecule has 0 saturated heterocycles. The van der Waals surface area contributed by atoms with E-state index in [4.69, 9.17) is 5.73 Å². The standard InChI is InChI=1S/C10H14N2S/c1-13-10-4-2-3-9-8(10)5-7(11)6-12-9/h2-4,7,12H,5-6,11H2,1H3/t7-/m1/s1. The zero-order valence-corrected chi connectivity index (χ0v) is 8.53. The van der Waals surface area contributed by atoms with Crippen LogP contribution >= 0.6 is 11.8 Å². The second kappa shape index (κ2) is 3.60. The van der Waals surface area contributed by atoms with Crippen molar-refractivity contribution in [3.05, 3.63) is 23.8 Å². The van der Waals surface area contributed by atoms with Crippen LogP contribution < -0.4 is 11.1 Å². The molecular formula is C10H14N2S. The Kier molecular flexibility index (Phi) is 2.47. The number of benzene rings is 1. The first kappa shape index (κ1) is 8.91. The molecule has 1 aromatic rings. The van der Waals surface area contributed by atoms with Gasteiger partial charge in [0.25, 0.3) is 0 Å². The van der Waals surface area contributed by atoms with E-state index in [9.17, 15) is 0 Å². The Morgan fingerprint density at radius 3 is 3.15 bits per heavy atom. The van der Waals surface area contributed by atoms with Gasteiger partial charge < -0.3 is 11.1 Å². The molecule has 0 amide bonds. The highest BCUT2D eigenvalue weighted by Gasteiger charge is 2.16. The van der Waals surface area contributed by atoms with Crippen LogP contribution in [0.2, 0.25) is 0 Å². The molecule has 3 heteroatoms. The van der Waals surface area contributed by atoms with E-state index in [2.05, 4.69) is 29.8 Å². The van der Waals surface area contributed by atoms with Crippen LogP contribution in [-0.4, -0.2) is 18.8 Å². The molecule has 2 rings (SSSR count). The SMILES string of the molecule is CSc1cccc2c1C[C@@H](N)CN2. The lowest BCUT2D eigenvalue weighted by atomic mass is 10.0. The maximum absolute atomic E-state index is 5.90. The van der Waals surface area contributed by atoms with E-state index in [1.54, 1.807) is 11.8 Å². The Morgan fingerprint density at radius 2 is 2.38 bits per heavy atom. The lowest BCUT2D eigenvalue weighted by Crippen LogP contribution is -2.35. The average Bonchev–Trinajstić information content (AvgIpc) is 2.17. The predicted molar refractivity (Wildman–Crippen MR) is 58.4 cm³/mol. The van der Waals surface area contributed by atoms with Crippen molar-refractivity contribution in [2.45, 2.75) is 17.4 Å². The Hall–Kier alpha value is -0.670. The fourth-order valence-corrected chi connectivity index (χ4v) is 2.36. The maximum Gasteiger partial charge on any atom is 0.0385 e. The zero-order chi connectivity index (χ0) is 9.26. The number of anilines is 1. The second-order valence-corrected chi connectivity index (χ2v) is 4.18. The summed E-state index contributed by atoms with van der Waals surface area (Å²) in [6, 6.07) is 6.64. The van der Waals surface area contributed by atoms with Gasteiger partial charge in [0.15, 0.2) is 0 Å². The van der Waals surface area contributed by atoms with Crippen molar-refractivity contribution in [1.29, 1.82) is 0 Å². The van der Waals surface area contributed by atoms with Gasteiger partial charge in [-0.05, 0) is 30.4 Å². The first-order valence-electron chi connectivity index (χ1n) is 4.46. The van der Waals surface area contributed by atoms with Crippen LogP contribution in [0.15, 0.2) is 23.1 Å². The first-order valence-corrected chi connectivity index (χ1v) is 5.69. The predicted octanol–water partition coefficient (Wildman–Crippen LogP) is 1.70. The molecule has 1 aliphatic heterocycles. The van der Waals surface area contributed by atoms with E-state index in [-0.39, 0.29) is 6.04 Å². The van der Waals surface area contributed by atoms with Gasteiger partial charge in [-0.25, -0.2) is 0 Å². The normalized spacial score (nSPS) is 20.6. The number of thioether (sulfide) groups is 1. The number of fused-ring (bicyclic) bond motifs is 1. The Bertz CT molecular complexity index is 298. The fourth-order valence-electron chi connectivity index (χ4n) is 1.71. The van der Waals surface area contributed by atoms with Crippen LogP contribution in [-0.2, 0) is 6.42 Å². The monoisotopic (exact) mass is 194 g/mol. The quantitative estimate of drug-likeness (QED) is 0.668. The Balaban J connectivity index is 2.41. The topological polar surface area (TPSA) is 38.0 Å². The van der Waals surface area contributed by atoms with Crippen molar-refractivity contribution >= 4 is 17.4 Å². The molecule has 0 aromatic heterocycles. The molecule has 2 nitrogen and oxygen atoms in total. The maximum atomic E-state index is 5.90. The number of nitrogens with two attached hydrogens (primary N) is 1. The van der Waals surface area contributed by atoms with Crippen molar-refractivity contribution < 1.29 is 0 Å². The van der Waals surface area contributed by atoms with E-state index in [0.29, 0.717) is 0 Å². The highest BCUT2D eigenvalue weighted by molar-refractivity contribution is 7.98. The van der Waals surface area contributed by atoms with Crippen LogP contribution in [0.4, 0.5) is 5.69 Å². The van der Waals surface area contributed by atoms with Gasteiger partial charge in [-0.2, -0.15) is 0 Å². The van der Waals surface area contributed by atoms with Crippen LogP contribution in [0.25, 0.3) is 0 Å². The number of hydrogen-bond acceptors (Lipinski definition) is 3. The summed E-state index contributed by atoms with van der Waals surface area (Å²) >= 11 is 1.79. The van der Waals surface area contributed by atoms with Gasteiger partial charge in [-0.3, -0.25) is 0 Å². The third-order valence-electron chi connectivity index (χ3n) is 2.37. The highest BCUT2D eigenvalue weighted by atomic mass is 32.2. The van der Waals surface area contributed by atoms with E-state index in [1.165, 1.54) is 16.1 Å². The van der Waals surface area contributed by atoms with Crippen molar-refractivity contribution in [2.75, 3.05) is 18.1 Å². The largest absolute Gasteiger partial charge is 0.383 e. The van der Waals surface area contributed by atoms with E-state index in [0.717, 1.165) is 13.0 Å². The number of nitrogens with one attached hydrogen (secondary N) is 1. The summed E-state index contributed by atoms with van der Waals surface area (Å²) in [5.41, 5.74) is 8.54. The summed E-state index contributed by atoms with van der Waals surface area (Å²) in [4.78, 5) is 1.35. The van der Waals surface area contributed by atoms with Gasteiger partial charge >= 0.3 is 0 Å². The molecule has 0 fully saturated rings. The minimum Gasteiger partial charge on any atom is -0.383 e. The average molecular weight is 194 g/mol. The lowest BCUT2D eigenvalue weighted by molar-refractivity contribution is 0.671. The van der Waals surface area contributed by atoms with Crippen LogP contribution in [0.5, 0.6) is 0 Å². The second-order valence-electron chi connectivity index (χ2n) is 3.33. The van der Waals surface area contributed by atoms with Gasteiger partial charge in [0, 0.05) is 23.2 Å². The molecule has 13 heavy (non-hydrogen) atoms. The van der Waals surface area contributed by atoms with Gasteiger partial charge in [-0.15, -0.1) is 11.8 Å². The van der Waals surface area contributed by atoms with Gasteiger partial charge in [0.2, 0.25) is 0 Å². The summed E-state index contributed by atoms with van der Waals surface area (Å²) in [6.45, 7) is 0.894. The van der Waals surface area contributed by atoms with Crippen molar-refractivity contribution in [3.8, 4) is 0 Å². The van der Waals surface area contributed by atoms with Gasteiger partial charge in [0.1, 0.15) is 0 Å². The number of hydrogen-bond donors (Lipinski definition) is 2. The molecule has 0 saturated carbocycles. The van der Waals surface area contributed by atoms with Crippen LogP contribution in [0.3, 0.4) is 0 Å². The molecule has 1 aromatic carbocycles. The molecule has 1 atom stereocenters. The Labute approximate surface area is 82.9 Å². The Morgan fingerprint density at radius 1 is 1.54 bits per heavy atom. The molecular weight excluding hydrogens is 180 g/mol. The van der Waals surface area contributed by atoms with E-state index < -0.39 is 0 Å². The molecule has 0 unspecified atom stereocenters. The molecule has 0 radical (unpaired) electrons. The molecule has 3 N–H and O–H groups in total. The van der Waals surface area contributed by atoms with Crippen molar-refractivity contribution in [3.63, 3.8) is 0 Å². The minimum atomic E-state index is 0.265. The molecule has 0 bridgehead atoms.